The first-order valence-electron chi connectivity index (χ1n) is 12.9. The van der Waals surface area contributed by atoms with Crippen LogP contribution >= 0.6 is 0 Å². The van der Waals surface area contributed by atoms with Crippen LogP contribution in [0.25, 0.3) is 10.9 Å². The number of H-pyrrole nitrogens is 1. The van der Waals surface area contributed by atoms with Crippen molar-refractivity contribution in [1.29, 1.82) is 0 Å². The molecule has 0 aliphatic carbocycles. The van der Waals surface area contributed by atoms with Crippen molar-refractivity contribution in [3.8, 4) is 17.6 Å². The summed E-state index contributed by atoms with van der Waals surface area (Å²) in [5.74, 6) is 4.54. The second-order valence-corrected chi connectivity index (χ2v) is 9.17. The number of aromatic nitrogens is 2. The van der Waals surface area contributed by atoms with Gasteiger partial charge in [0, 0.05) is 36.5 Å². The highest BCUT2D eigenvalue weighted by atomic mass is 19.2. The Bertz CT molecular complexity index is 1580. The van der Waals surface area contributed by atoms with Gasteiger partial charge in [0.25, 0.3) is 11.5 Å². The quantitative estimate of drug-likeness (QED) is 0.213. The van der Waals surface area contributed by atoms with Crippen LogP contribution in [0.15, 0.2) is 71.8 Å². The number of fused-ring (bicyclic) bond motifs is 1. The molecule has 0 aliphatic heterocycles. The number of rotatable bonds is 9. The van der Waals surface area contributed by atoms with E-state index in [1.54, 1.807) is 12.3 Å². The fraction of sp³-hybridized carbons (Fsp3) is 0.258. The Balaban J connectivity index is 0.000000352. The van der Waals surface area contributed by atoms with Gasteiger partial charge in [0.1, 0.15) is 11.3 Å². The summed E-state index contributed by atoms with van der Waals surface area (Å²) in [5.41, 5.74) is 1.87. The van der Waals surface area contributed by atoms with Gasteiger partial charge in [-0.3, -0.25) is 14.6 Å². The fourth-order valence-corrected chi connectivity index (χ4v) is 3.68. The molecule has 2 heterocycles. The number of benzene rings is 2. The molecule has 0 fully saturated rings. The zero-order valence-corrected chi connectivity index (χ0v) is 22.9. The molecule has 4 rings (SSSR count). The fourth-order valence-electron chi connectivity index (χ4n) is 3.68. The molecule has 0 bridgehead atoms. The van der Waals surface area contributed by atoms with Crippen molar-refractivity contribution >= 4 is 16.8 Å². The maximum atomic E-state index is 12.4. The lowest BCUT2D eigenvalue weighted by atomic mass is 10.1. The second kappa shape index (κ2) is 15.9. The van der Waals surface area contributed by atoms with E-state index in [1.807, 2.05) is 38.4 Å². The normalized spacial score (nSPS) is 10.4. The highest BCUT2D eigenvalue weighted by molar-refractivity contribution is 5.93. The van der Waals surface area contributed by atoms with Crippen LogP contribution in [-0.2, 0) is 6.42 Å². The SMILES string of the molecule is CN(C)CCCOc1ccnc2ccc(C#CCNC(=O)c3ccc[nH]c3=O)cc12.OCCc1ccc(F)c(F)c1. The average Bonchev–Trinajstić information content (AvgIpc) is 2.96. The second-order valence-electron chi connectivity index (χ2n) is 9.17. The van der Waals surface area contributed by atoms with Gasteiger partial charge in [0.05, 0.1) is 18.7 Å². The third-order valence-corrected chi connectivity index (χ3v) is 5.73. The van der Waals surface area contributed by atoms with Crippen LogP contribution in [-0.4, -0.2) is 66.3 Å². The summed E-state index contributed by atoms with van der Waals surface area (Å²) in [6.07, 6.45) is 4.50. The van der Waals surface area contributed by atoms with Crippen molar-refractivity contribution in [3.63, 3.8) is 0 Å². The summed E-state index contributed by atoms with van der Waals surface area (Å²) in [7, 11) is 4.07. The lowest BCUT2D eigenvalue weighted by molar-refractivity contribution is 0.0957. The number of nitrogens with zero attached hydrogens (tertiary/aromatic N) is 2. The molecule has 0 saturated heterocycles. The monoisotopic (exact) mass is 562 g/mol. The van der Waals surface area contributed by atoms with Crippen LogP contribution in [0.3, 0.4) is 0 Å². The molecule has 1 amide bonds. The molecule has 0 radical (unpaired) electrons. The van der Waals surface area contributed by atoms with Crippen molar-refractivity contribution in [2.45, 2.75) is 12.8 Å². The number of halogens is 2. The molecule has 4 aromatic rings. The number of aliphatic hydroxyl groups is 1. The molecule has 214 valence electrons. The predicted molar refractivity (Wildman–Crippen MR) is 154 cm³/mol. The number of hydrogen-bond acceptors (Lipinski definition) is 6. The van der Waals surface area contributed by atoms with Gasteiger partial charge in [-0.05, 0) is 81.0 Å². The number of aliphatic hydroxyl groups excluding tert-OH is 1. The van der Waals surface area contributed by atoms with E-state index in [4.69, 9.17) is 9.84 Å². The topological polar surface area (TPSA) is 108 Å². The summed E-state index contributed by atoms with van der Waals surface area (Å²) in [6.45, 7) is 1.66. The van der Waals surface area contributed by atoms with E-state index in [-0.39, 0.29) is 18.7 Å². The van der Waals surface area contributed by atoms with Crippen molar-refractivity contribution in [3.05, 3.63) is 106 Å². The molecule has 8 nitrogen and oxygen atoms in total. The number of ether oxygens (including phenoxy) is 1. The molecule has 3 N–H and O–H groups in total. The Morgan fingerprint density at radius 3 is 2.68 bits per heavy atom. The molecule has 2 aromatic heterocycles. The summed E-state index contributed by atoms with van der Waals surface area (Å²) in [4.78, 5) is 32.6. The van der Waals surface area contributed by atoms with Gasteiger partial charge in [0.15, 0.2) is 11.6 Å². The summed E-state index contributed by atoms with van der Waals surface area (Å²) >= 11 is 0. The van der Waals surface area contributed by atoms with E-state index >= 15 is 0 Å². The molecular weight excluding hydrogens is 530 g/mol. The van der Waals surface area contributed by atoms with Crippen molar-refractivity contribution in [1.82, 2.24) is 20.2 Å². The number of carbonyl (C=O) groups is 1. The Hall–Kier alpha value is -4.59. The number of amides is 1. The molecule has 0 unspecified atom stereocenters. The van der Waals surface area contributed by atoms with Gasteiger partial charge < -0.3 is 25.0 Å². The molecule has 0 atom stereocenters. The minimum atomic E-state index is -0.865. The molecule has 2 aromatic carbocycles. The maximum Gasteiger partial charge on any atom is 0.260 e. The number of nitrogens with one attached hydrogen (secondary N) is 2. The molecule has 10 heteroatoms. The van der Waals surface area contributed by atoms with Crippen molar-refractivity contribution < 1.29 is 23.4 Å². The Labute approximate surface area is 237 Å². The minimum absolute atomic E-state index is 0.0505. The first-order chi connectivity index (χ1) is 19.8. The lowest BCUT2D eigenvalue weighted by Gasteiger charge is -2.11. The molecule has 0 saturated carbocycles. The van der Waals surface area contributed by atoms with E-state index in [0.29, 0.717) is 18.6 Å². The van der Waals surface area contributed by atoms with Crippen LogP contribution < -0.4 is 15.6 Å². The number of pyridine rings is 2. The zero-order valence-electron chi connectivity index (χ0n) is 22.9. The lowest BCUT2D eigenvalue weighted by Crippen LogP contribution is -2.29. The molecule has 0 aliphatic rings. The van der Waals surface area contributed by atoms with Gasteiger partial charge in [0.2, 0.25) is 0 Å². The van der Waals surface area contributed by atoms with E-state index < -0.39 is 23.1 Å². The highest BCUT2D eigenvalue weighted by Crippen LogP contribution is 2.25. The van der Waals surface area contributed by atoms with Crippen LogP contribution in [0.4, 0.5) is 8.78 Å². The summed E-state index contributed by atoms with van der Waals surface area (Å²) in [5, 5.41) is 12.0. The highest BCUT2D eigenvalue weighted by Gasteiger charge is 2.08. The van der Waals surface area contributed by atoms with Crippen LogP contribution in [0.5, 0.6) is 5.75 Å². The number of carbonyl (C=O) groups excluding carboxylic acids is 1. The van der Waals surface area contributed by atoms with Crippen molar-refractivity contribution in [2.75, 3.05) is 40.4 Å². The number of aromatic amines is 1. The van der Waals surface area contributed by atoms with E-state index in [2.05, 4.69) is 32.0 Å². The standard InChI is InChI=1S/C23H24N4O3.C8H8F2O/c1-27(2)14-5-15-30-21-10-13-24-20-9-8-17(16-19(20)21)6-3-11-25-22(28)18-7-4-12-26-23(18)29;9-7-2-1-6(3-4-11)5-8(7)10/h4,7-10,12-13,16H,5,11,14-15H2,1-2H3,(H,25,28)(H,26,29);1-2,5,11H,3-4H2. The molecule has 41 heavy (non-hydrogen) atoms. The van der Waals surface area contributed by atoms with Gasteiger partial charge in [-0.25, -0.2) is 8.78 Å². The maximum absolute atomic E-state index is 12.4. The largest absolute Gasteiger partial charge is 0.493 e. The number of hydrogen-bond donors (Lipinski definition) is 3. The van der Waals surface area contributed by atoms with Crippen molar-refractivity contribution in [2.24, 2.45) is 0 Å². The first kappa shape index (κ1) is 30.9. The third kappa shape index (κ3) is 9.83. The first-order valence-corrected chi connectivity index (χ1v) is 12.9. The Morgan fingerprint density at radius 1 is 1.12 bits per heavy atom. The van der Waals surface area contributed by atoms with Gasteiger partial charge in [-0.15, -0.1) is 0 Å². The van der Waals surface area contributed by atoms with Crippen LogP contribution in [0.1, 0.15) is 27.9 Å². The predicted octanol–water partition coefficient (Wildman–Crippen LogP) is 3.53. The van der Waals surface area contributed by atoms with Crippen LogP contribution in [0.2, 0.25) is 0 Å². The van der Waals surface area contributed by atoms with E-state index in [0.717, 1.165) is 47.3 Å². The van der Waals surface area contributed by atoms with Gasteiger partial charge >= 0.3 is 0 Å². The van der Waals surface area contributed by atoms with Crippen LogP contribution in [0, 0.1) is 23.5 Å². The minimum Gasteiger partial charge on any atom is -0.493 e. The molecule has 0 spiro atoms. The Kier molecular flexibility index (Phi) is 12.0. The summed E-state index contributed by atoms with van der Waals surface area (Å²) < 4.78 is 30.7. The molecular formula is C31H32F2N4O4. The van der Waals surface area contributed by atoms with E-state index in [1.165, 1.54) is 18.3 Å². The van der Waals surface area contributed by atoms with Gasteiger partial charge in [-0.2, -0.15) is 0 Å². The smallest absolute Gasteiger partial charge is 0.260 e. The third-order valence-electron chi connectivity index (χ3n) is 5.73. The van der Waals surface area contributed by atoms with Gasteiger partial charge in [-0.1, -0.05) is 17.9 Å². The Morgan fingerprint density at radius 2 is 1.95 bits per heavy atom. The van der Waals surface area contributed by atoms with E-state index in [9.17, 15) is 18.4 Å². The average molecular weight is 563 g/mol. The zero-order chi connectivity index (χ0) is 29.6. The summed E-state index contributed by atoms with van der Waals surface area (Å²) in [6, 6.07) is 14.2.